The lowest BCUT2D eigenvalue weighted by molar-refractivity contribution is -0.131. The number of carbonyl (C=O) groups excluding carboxylic acids is 1. The molecule has 3 aromatic heterocycles. The van der Waals surface area contributed by atoms with Crippen LogP contribution in [0, 0.1) is 13.8 Å². The number of aromatic nitrogens is 6. The van der Waals surface area contributed by atoms with Crippen LogP contribution in [0.15, 0.2) is 29.4 Å². The van der Waals surface area contributed by atoms with Gasteiger partial charge in [-0.25, -0.2) is 14.5 Å². The van der Waals surface area contributed by atoms with E-state index in [1.54, 1.807) is 4.52 Å². The smallest absolute Gasteiger partial charge is 0.253 e. The number of aromatic amines is 1. The number of fused-ring (bicyclic) bond motifs is 2. The fourth-order valence-electron chi connectivity index (χ4n) is 4.36. The van der Waals surface area contributed by atoms with Crippen molar-refractivity contribution in [2.24, 2.45) is 0 Å². The zero-order valence-corrected chi connectivity index (χ0v) is 18.7. The van der Waals surface area contributed by atoms with Crippen LogP contribution >= 0.6 is 11.8 Å². The first-order valence-electron chi connectivity index (χ1n) is 10.5. The zero-order valence-electron chi connectivity index (χ0n) is 17.9. The van der Waals surface area contributed by atoms with Gasteiger partial charge in [-0.05, 0) is 45.1 Å². The Morgan fingerprint density at radius 2 is 1.94 bits per heavy atom. The number of carbonyl (C=O) groups is 1. The Morgan fingerprint density at radius 3 is 2.68 bits per heavy atom. The number of amides is 1. The van der Waals surface area contributed by atoms with Crippen LogP contribution in [0.4, 0.5) is 0 Å². The van der Waals surface area contributed by atoms with Gasteiger partial charge in [0.05, 0.1) is 17.5 Å². The first-order chi connectivity index (χ1) is 15.0. The Labute approximate surface area is 184 Å². The molecule has 0 atom stereocenters. The quantitative estimate of drug-likeness (QED) is 0.495. The van der Waals surface area contributed by atoms with Crippen LogP contribution < -0.4 is 0 Å². The lowest BCUT2D eigenvalue weighted by atomic mass is 9.95. The monoisotopic (exact) mass is 435 g/mol. The van der Waals surface area contributed by atoms with Crippen molar-refractivity contribution in [3.05, 3.63) is 47.0 Å². The maximum absolute atomic E-state index is 13.1. The molecule has 5 rings (SSSR count). The number of nitrogens with one attached hydrogen (secondary N) is 1. The maximum atomic E-state index is 13.1. The van der Waals surface area contributed by atoms with E-state index in [2.05, 4.69) is 26.1 Å². The first kappa shape index (κ1) is 20.0. The molecule has 1 fully saturated rings. The average Bonchev–Trinajstić information content (AvgIpc) is 3.40. The number of piperidine rings is 1. The van der Waals surface area contributed by atoms with Gasteiger partial charge >= 0.3 is 0 Å². The number of imidazole rings is 1. The number of nitrogens with zero attached hydrogens (tertiary/aromatic N) is 6. The molecule has 1 amide bonds. The van der Waals surface area contributed by atoms with Crippen LogP contribution in [0.5, 0.6) is 0 Å². The fourth-order valence-corrected chi connectivity index (χ4v) is 4.70. The molecular formula is C22H25N7OS. The molecule has 9 heteroatoms. The third-order valence-corrected chi connectivity index (χ3v) is 6.72. The van der Waals surface area contributed by atoms with Crippen molar-refractivity contribution in [1.82, 2.24) is 34.4 Å². The highest BCUT2D eigenvalue weighted by molar-refractivity contribution is 7.98. The zero-order chi connectivity index (χ0) is 21.5. The van der Waals surface area contributed by atoms with Gasteiger partial charge < -0.3 is 9.88 Å². The number of benzene rings is 1. The molecule has 4 heterocycles. The van der Waals surface area contributed by atoms with Gasteiger partial charge in [0.15, 0.2) is 0 Å². The van der Waals surface area contributed by atoms with Crippen molar-refractivity contribution < 1.29 is 4.79 Å². The van der Waals surface area contributed by atoms with E-state index in [-0.39, 0.29) is 5.91 Å². The number of likely N-dealkylation sites (tertiary alicyclic amines) is 1. The summed E-state index contributed by atoms with van der Waals surface area (Å²) in [6.45, 7) is 5.41. The molecule has 1 saturated heterocycles. The van der Waals surface area contributed by atoms with Crippen molar-refractivity contribution in [3.8, 4) is 0 Å². The number of para-hydroxylation sites is 2. The summed E-state index contributed by atoms with van der Waals surface area (Å²) in [5.74, 6) is 2.12. The summed E-state index contributed by atoms with van der Waals surface area (Å²) in [5, 5.41) is 5.17. The molecule has 1 aromatic carbocycles. The van der Waals surface area contributed by atoms with E-state index in [1.807, 2.05) is 43.2 Å². The van der Waals surface area contributed by atoms with Gasteiger partial charge in [-0.2, -0.15) is 4.98 Å². The number of H-pyrrole nitrogens is 1. The van der Waals surface area contributed by atoms with Crippen LogP contribution in [-0.4, -0.2) is 59.7 Å². The Bertz CT molecular complexity index is 1240. The summed E-state index contributed by atoms with van der Waals surface area (Å²) < 4.78 is 1.75. The van der Waals surface area contributed by atoms with Crippen molar-refractivity contribution in [1.29, 1.82) is 0 Å². The molecule has 0 radical (unpaired) electrons. The molecule has 0 saturated carbocycles. The summed E-state index contributed by atoms with van der Waals surface area (Å²) in [5.41, 5.74) is 4.79. The highest BCUT2D eigenvalue weighted by Crippen LogP contribution is 2.28. The normalized spacial score (nSPS) is 15.3. The highest BCUT2D eigenvalue weighted by Gasteiger charge is 2.27. The molecule has 1 aliphatic rings. The van der Waals surface area contributed by atoms with E-state index in [0.29, 0.717) is 23.3 Å². The lowest BCUT2D eigenvalue weighted by Gasteiger charge is -2.31. The molecule has 1 aliphatic heterocycles. The van der Waals surface area contributed by atoms with Crippen molar-refractivity contribution in [3.63, 3.8) is 0 Å². The lowest BCUT2D eigenvalue weighted by Crippen LogP contribution is -2.39. The summed E-state index contributed by atoms with van der Waals surface area (Å²) in [4.78, 5) is 32.2. The molecule has 0 aliphatic carbocycles. The number of rotatable bonds is 4. The maximum Gasteiger partial charge on any atom is 0.253 e. The van der Waals surface area contributed by atoms with Crippen molar-refractivity contribution >= 4 is 34.5 Å². The molecule has 0 spiro atoms. The Kier molecular flexibility index (Phi) is 5.13. The van der Waals surface area contributed by atoms with Gasteiger partial charge in [0, 0.05) is 36.0 Å². The van der Waals surface area contributed by atoms with Crippen molar-refractivity contribution in [2.45, 2.75) is 44.2 Å². The van der Waals surface area contributed by atoms with Gasteiger partial charge in [-0.3, -0.25) is 4.79 Å². The predicted octanol–water partition coefficient (Wildman–Crippen LogP) is 3.29. The van der Waals surface area contributed by atoms with Crippen molar-refractivity contribution in [2.75, 3.05) is 19.3 Å². The average molecular weight is 436 g/mol. The topological polar surface area (TPSA) is 92.1 Å². The van der Waals surface area contributed by atoms with Gasteiger partial charge in [0.25, 0.3) is 5.78 Å². The third kappa shape index (κ3) is 3.67. The molecule has 31 heavy (non-hydrogen) atoms. The molecule has 0 unspecified atom stereocenters. The van der Waals surface area contributed by atoms with Crippen LogP contribution in [0.3, 0.4) is 0 Å². The number of thioether (sulfide) groups is 1. The number of hydrogen-bond donors (Lipinski definition) is 1. The molecule has 8 nitrogen and oxygen atoms in total. The Hall–Kier alpha value is -2.94. The Balaban J connectivity index is 1.28. The third-order valence-electron chi connectivity index (χ3n) is 6.18. The molecular weight excluding hydrogens is 410 g/mol. The van der Waals surface area contributed by atoms with E-state index in [0.717, 1.165) is 59.7 Å². The second-order valence-corrected chi connectivity index (χ2v) is 8.82. The van der Waals surface area contributed by atoms with E-state index < -0.39 is 0 Å². The minimum atomic E-state index is 0.139. The summed E-state index contributed by atoms with van der Waals surface area (Å²) >= 11 is 1.49. The Morgan fingerprint density at radius 1 is 1.16 bits per heavy atom. The first-order valence-corrected chi connectivity index (χ1v) is 11.7. The second-order valence-electron chi connectivity index (χ2n) is 8.04. The van der Waals surface area contributed by atoms with Gasteiger partial charge in [0.2, 0.25) is 11.1 Å². The van der Waals surface area contributed by atoms with E-state index >= 15 is 0 Å². The molecule has 160 valence electrons. The van der Waals surface area contributed by atoms with Crippen LogP contribution in [0.25, 0.3) is 16.8 Å². The number of aryl methyl sites for hydroxylation is 2. The minimum Gasteiger partial charge on any atom is -0.342 e. The van der Waals surface area contributed by atoms with E-state index in [1.165, 1.54) is 11.8 Å². The highest BCUT2D eigenvalue weighted by atomic mass is 32.2. The summed E-state index contributed by atoms with van der Waals surface area (Å²) in [6.07, 6.45) is 4.11. The van der Waals surface area contributed by atoms with E-state index in [4.69, 9.17) is 4.98 Å². The van der Waals surface area contributed by atoms with E-state index in [9.17, 15) is 4.79 Å². The molecule has 1 N–H and O–H groups in total. The standard InChI is InChI=1S/C22H25N7OS/c1-13-16(14(2)29-21(23-13)26-22(27-29)31-3)12-19(30)28-10-8-15(9-11-28)20-24-17-6-4-5-7-18(17)25-20/h4-7,15H,8-12H2,1-3H3,(H,24,25). The second kappa shape index (κ2) is 7.96. The van der Waals surface area contributed by atoms with Gasteiger partial charge in [0.1, 0.15) is 5.82 Å². The predicted molar refractivity (Wildman–Crippen MR) is 120 cm³/mol. The van der Waals surface area contributed by atoms with Crippen LogP contribution in [0.1, 0.15) is 41.5 Å². The number of hydrogen-bond acceptors (Lipinski definition) is 6. The fraction of sp³-hybridized carbons (Fsp3) is 0.409. The van der Waals surface area contributed by atoms with Crippen LogP contribution in [-0.2, 0) is 11.2 Å². The van der Waals surface area contributed by atoms with Gasteiger partial charge in [-0.15, -0.1) is 5.10 Å². The molecule has 4 aromatic rings. The summed E-state index contributed by atoms with van der Waals surface area (Å²) in [6, 6.07) is 8.10. The minimum absolute atomic E-state index is 0.139. The molecule has 0 bridgehead atoms. The largest absolute Gasteiger partial charge is 0.342 e. The van der Waals surface area contributed by atoms with Gasteiger partial charge in [-0.1, -0.05) is 23.9 Å². The summed E-state index contributed by atoms with van der Waals surface area (Å²) in [7, 11) is 0. The SMILES string of the molecule is CSc1nc2nc(C)c(CC(=O)N3CCC(c4nc5ccccc5[nH]4)CC3)c(C)n2n1. The van der Waals surface area contributed by atoms with Crippen LogP contribution in [0.2, 0.25) is 0 Å².